The van der Waals surface area contributed by atoms with Crippen LogP contribution in [-0.4, -0.2) is 59.5 Å². The van der Waals surface area contributed by atoms with Crippen LogP contribution < -0.4 is 10.2 Å². The van der Waals surface area contributed by atoms with Gasteiger partial charge in [-0.25, -0.2) is 9.97 Å². The number of amides is 1. The molecule has 2 unspecified atom stereocenters. The Morgan fingerprint density at radius 2 is 2.04 bits per heavy atom. The molecule has 126 valence electrons. The highest BCUT2D eigenvalue weighted by atomic mass is 16.1. The van der Waals surface area contributed by atoms with E-state index in [2.05, 4.69) is 32.0 Å². The molecule has 0 radical (unpaired) electrons. The normalized spacial score (nSPS) is 25.5. The van der Waals surface area contributed by atoms with Crippen molar-refractivity contribution in [2.45, 2.75) is 38.6 Å². The molecule has 23 heavy (non-hydrogen) atoms. The first-order valence-electron chi connectivity index (χ1n) is 8.81. The Labute approximate surface area is 138 Å². The third kappa shape index (κ3) is 3.99. The first-order valence-corrected chi connectivity index (χ1v) is 8.81. The van der Waals surface area contributed by atoms with E-state index in [1.165, 1.54) is 19.4 Å². The number of nitrogens with zero attached hydrogens (tertiary/aromatic N) is 4. The van der Waals surface area contributed by atoms with Crippen LogP contribution in [0.15, 0.2) is 18.5 Å². The van der Waals surface area contributed by atoms with Crippen molar-refractivity contribution in [1.29, 1.82) is 0 Å². The van der Waals surface area contributed by atoms with Crippen LogP contribution in [0.4, 0.5) is 5.95 Å². The Bertz CT molecular complexity index is 509. The number of nitrogens with one attached hydrogen (secondary N) is 1. The van der Waals surface area contributed by atoms with Crippen molar-refractivity contribution in [3.05, 3.63) is 18.5 Å². The molecule has 3 rings (SSSR count). The van der Waals surface area contributed by atoms with Crippen LogP contribution in [0, 0.1) is 5.92 Å². The van der Waals surface area contributed by atoms with Crippen molar-refractivity contribution in [3.63, 3.8) is 0 Å². The Balaban J connectivity index is 1.51. The second kappa shape index (κ2) is 7.73. The number of likely N-dealkylation sites (N-methyl/N-ethyl adjacent to an activating group) is 1. The third-order valence-electron chi connectivity index (χ3n) is 5.04. The number of anilines is 1. The summed E-state index contributed by atoms with van der Waals surface area (Å²) in [6.45, 7) is 6.87. The summed E-state index contributed by atoms with van der Waals surface area (Å²) in [5.41, 5.74) is 0. The summed E-state index contributed by atoms with van der Waals surface area (Å²) in [4.78, 5) is 25.7. The molecule has 0 aromatic carbocycles. The molecule has 0 saturated carbocycles. The number of aromatic nitrogens is 2. The van der Waals surface area contributed by atoms with E-state index in [1.54, 1.807) is 12.4 Å². The van der Waals surface area contributed by atoms with Gasteiger partial charge in [0.05, 0.1) is 5.92 Å². The Hall–Kier alpha value is -1.69. The summed E-state index contributed by atoms with van der Waals surface area (Å²) in [5, 5.41) is 3.18. The van der Waals surface area contributed by atoms with Crippen molar-refractivity contribution in [1.82, 2.24) is 20.2 Å². The fourth-order valence-corrected chi connectivity index (χ4v) is 3.73. The lowest BCUT2D eigenvalue weighted by Crippen LogP contribution is -2.46. The predicted octanol–water partition coefficient (Wildman–Crippen LogP) is 1.29. The van der Waals surface area contributed by atoms with Gasteiger partial charge in [-0.1, -0.05) is 6.92 Å². The highest BCUT2D eigenvalue weighted by molar-refractivity contribution is 5.79. The fourth-order valence-electron chi connectivity index (χ4n) is 3.73. The average molecular weight is 317 g/mol. The molecule has 2 aliphatic heterocycles. The summed E-state index contributed by atoms with van der Waals surface area (Å²) in [6, 6.07) is 2.33. The molecule has 1 aromatic rings. The molecule has 2 atom stereocenters. The summed E-state index contributed by atoms with van der Waals surface area (Å²) in [7, 11) is 0. The highest BCUT2D eigenvalue weighted by Crippen LogP contribution is 2.21. The number of carbonyl (C=O) groups excluding carboxylic acids is 1. The molecule has 3 heterocycles. The second-order valence-corrected chi connectivity index (χ2v) is 6.50. The molecule has 6 heteroatoms. The minimum absolute atomic E-state index is 0.0454. The molecule has 6 nitrogen and oxygen atoms in total. The van der Waals surface area contributed by atoms with Gasteiger partial charge in [-0.3, -0.25) is 9.69 Å². The lowest BCUT2D eigenvalue weighted by atomic mass is 9.97. The van der Waals surface area contributed by atoms with Crippen molar-refractivity contribution < 1.29 is 4.79 Å². The summed E-state index contributed by atoms with van der Waals surface area (Å²) >= 11 is 0. The number of carbonyl (C=O) groups is 1. The number of piperidine rings is 1. The number of rotatable bonds is 5. The van der Waals surface area contributed by atoms with Gasteiger partial charge in [0.25, 0.3) is 0 Å². The second-order valence-electron chi connectivity index (χ2n) is 6.50. The molecule has 2 saturated heterocycles. The SMILES string of the molecule is CCN1CCCC1CNC(=O)C1CCCN(c2ncccn2)C1. The van der Waals surface area contributed by atoms with Crippen molar-refractivity contribution in [2.75, 3.05) is 37.6 Å². The lowest BCUT2D eigenvalue weighted by Gasteiger charge is -2.32. The van der Waals surface area contributed by atoms with Crippen molar-refractivity contribution in [2.24, 2.45) is 5.92 Å². The van der Waals surface area contributed by atoms with Crippen LogP contribution in [0.1, 0.15) is 32.6 Å². The van der Waals surface area contributed by atoms with Gasteiger partial charge in [0.15, 0.2) is 0 Å². The van der Waals surface area contributed by atoms with Crippen LogP contribution in [0.3, 0.4) is 0 Å². The summed E-state index contributed by atoms with van der Waals surface area (Å²) in [6.07, 6.45) is 7.93. The molecule has 0 spiro atoms. The quantitative estimate of drug-likeness (QED) is 0.887. The smallest absolute Gasteiger partial charge is 0.225 e. The van der Waals surface area contributed by atoms with Crippen LogP contribution in [-0.2, 0) is 4.79 Å². The van der Waals surface area contributed by atoms with E-state index in [-0.39, 0.29) is 11.8 Å². The van der Waals surface area contributed by atoms with Crippen molar-refractivity contribution in [3.8, 4) is 0 Å². The van der Waals surface area contributed by atoms with Crippen LogP contribution >= 0.6 is 0 Å². The largest absolute Gasteiger partial charge is 0.354 e. The van der Waals surface area contributed by atoms with E-state index in [1.807, 2.05) is 6.07 Å². The van der Waals surface area contributed by atoms with E-state index in [0.29, 0.717) is 6.04 Å². The minimum atomic E-state index is 0.0454. The van der Waals surface area contributed by atoms with Gasteiger partial charge in [-0.05, 0) is 44.8 Å². The predicted molar refractivity (Wildman–Crippen MR) is 90.2 cm³/mol. The van der Waals surface area contributed by atoms with E-state index in [9.17, 15) is 4.79 Å². The molecule has 0 bridgehead atoms. The molecule has 2 aliphatic rings. The highest BCUT2D eigenvalue weighted by Gasteiger charge is 2.28. The number of hydrogen-bond acceptors (Lipinski definition) is 5. The van der Waals surface area contributed by atoms with Gasteiger partial charge >= 0.3 is 0 Å². The molecular formula is C17H27N5O. The molecule has 2 fully saturated rings. The standard InChI is InChI=1S/C17H27N5O/c1-2-21-10-4-7-15(21)12-20-16(23)14-6-3-11-22(13-14)17-18-8-5-9-19-17/h5,8-9,14-15H,2-4,6-7,10-13H2,1H3,(H,20,23). The molecule has 1 amide bonds. The fraction of sp³-hybridized carbons (Fsp3) is 0.706. The van der Waals surface area contributed by atoms with E-state index < -0.39 is 0 Å². The number of likely N-dealkylation sites (tertiary alicyclic amines) is 1. The average Bonchev–Trinajstić information content (AvgIpc) is 3.08. The van der Waals surface area contributed by atoms with Crippen LogP contribution in [0.25, 0.3) is 0 Å². The topological polar surface area (TPSA) is 61.4 Å². The first-order chi connectivity index (χ1) is 11.3. The van der Waals surface area contributed by atoms with Gasteiger partial charge in [0.2, 0.25) is 11.9 Å². The van der Waals surface area contributed by atoms with Crippen LogP contribution in [0.5, 0.6) is 0 Å². The maximum atomic E-state index is 12.5. The molecular weight excluding hydrogens is 290 g/mol. The molecule has 1 N–H and O–H groups in total. The monoisotopic (exact) mass is 317 g/mol. The summed E-state index contributed by atoms with van der Waals surface area (Å²) < 4.78 is 0. The van der Waals surface area contributed by atoms with E-state index in [0.717, 1.165) is 45.0 Å². The van der Waals surface area contributed by atoms with Gasteiger partial charge in [0.1, 0.15) is 0 Å². The minimum Gasteiger partial charge on any atom is -0.354 e. The summed E-state index contributed by atoms with van der Waals surface area (Å²) in [5.74, 6) is 0.968. The van der Waals surface area contributed by atoms with E-state index >= 15 is 0 Å². The van der Waals surface area contributed by atoms with Crippen LogP contribution in [0.2, 0.25) is 0 Å². The third-order valence-corrected chi connectivity index (χ3v) is 5.04. The van der Waals surface area contributed by atoms with Gasteiger partial charge in [-0.15, -0.1) is 0 Å². The Morgan fingerprint density at radius 3 is 2.83 bits per heavy atom. The van der Waals surface area contributed by atoms with E-state index in [4.69, 9.17) is 0 Å². The Morgan fingerprint density at radius 1 is 1.26 bits per heavy atom. The van der Waals surface area contributed by atoms with Gasteiger partial charge < -0.3 is 10.2 Å². The zero-order valence-electron chi connectivity index (χ0n) is 13.9. The number of hydrogen-bond donors (Lipinski definition) is 1. The zero-order valence-corrected chi connectivity index (χ0v) is 13.9. The molecule has 1 aromatic heterocycles. The lowest BCUT2D eigenvalue weighted by molar-refractivity contribution is -0.125. The maximum Gasteiger partial charge on any atom is 0.225 e. The molecule has 0 aliphatic carbocycles. The zero-order chi connectivity index (χ0) is 16.1. The first kappa shape index (κ1) is 16.2. The van der Waals surface area contributed by atoms with Gasteiger partial charge in [-0.2, -0.15) is 0 Å². The Kier molecular flexibility index (Phi) is 5.43. The van der Waals surface area contributed by atoms with Gasteiger partial charge in [0, 0.05) is 38.1 Å². The maximum absolute atomic E-state index is 12.5. The van der Waals surface area contributed by atoms with Crippen molar-refractivity contribution >= 4 is 11.9 Å².